The summed E-state index contributed by atoms with van der Waals surface area (Å²) in [7, 11) is 1.45. The van der Waals surface area contributed by atoms with Gasteiger partial charge in [0.2, 0.25) is 0 Å². The molecule has 0 N–H and O–H groups in total. The highest BCUT2D eigenvalue weighted by Crippen LogP contribution is 2.21. The molecule has 4 nitrogen and oxygen atoms in total. The summed E-state index contributed by atoms with van der Waals surface area (Å²) in [6.07, 6.45) is -0.235. The van der Waals surface area contributed by atoms with Gasteiger partial charge in [0.1, 0.15) is 17.9 Å². The molecule has 0 radical (unpaired) electrons. The van der Waals surface area contributed by atoms with Crippen molar-refractivity contribution in [3.8, 4) is 0 Å². The first-order valence-electron chi connectivity index (χ1n) is 4.16. The van der Waals surface area contributed by atoms with Gasteiger partial charge in [-0.1, -0.05) is 12.7 Å². The summed E-state index contributed by atoms with van der Waals surface area (Å²) in [5.74, 6) is -0.821. The first-order valence-corrected chi connectivity index (χ1v) is 4.16. The van der Waals surface area contributed by atoms with E-state index in [1.165, 1.54) is 19.3 Å². The molecule has 0 aliphatic rings. The van der Waals surface area contributed by atoms with Gasteiger partial charge in [0.15, 0.2) is 0 Å². The third kappa shape index (κ3) is 2.61. The van der Waals surface area contributed by atoms with E-state index in [1.807, 2.05) is 0 Å². The van der Waals surface area contributed by atoms with Gasteiger partial charge in [0, 0.05) is 13.2 Å². The van der Waals surface area contributed by atoms with Crippen LogP contribution < -0.4 is 0 Å². The molecular weight excluding hydrogens is 206 g/mol. The van der Waals surface area contributed by atoms with Crippen molar-refractivity contribution in [1.82, 2.24) is 9.78 Å². The summed E-state index contributed by atoms with van der Waals surface area (Å²) in [5.41, 5.74) is -0.777. The molecule has 1 heterocycles. The van der Waals surface area contributed by atoms with Crippen molar-refractivity contribution in [3.05, 3.63) is 30.1 Å². The van der Waals surface area contributed by atoms with Crippen molar-refractivity contribution in [2.75, 3.05) is 6.61 Å². The number of esters is 1. The Hall–Kier alpha value is -1.72. The fraction of sp³-hybridized carbons (Fsp3) is 0.333. The van der Waals surface area contributed by atoms with Crippen LogP contribution in [-0.2, 0) is 11.8 Å². The van der Waals surface area contributed by atoms with Gasteiger partial charge in [-0.15, -0.1) is 0 Å². The lowest BCUT2D eigenvalue weighted by Crippen LogP contribution is -2.07. The molecule has 6 heteroatoms. The van der Waals surface area contributed by atoms with Crippen molar-refractivity contribution in [2.45, 2.75) is 6.43 Å². The molecule has 1 rings (SSSR count). The number of aromatic nitrogens is 2. The zero-order chi connectivity index (χ0) is 11.4. The van der Waals surface area contributed by atoms with Crippen molar-refractivity contribution in [3.63, 3.8) is 0 Å². The Bertz CT molecular complexity index is 374. The summed E-state index contributed by atoms with van der Waals surface area (Å²) in [6.45, 7) is 3.33. The van der Waals surface area contributed by atoms with Crippen LogP contribution in [-0.4, -0.2) is 22.4 Å². The second kappa shape index (κ2) is 4.68. The minimum absolute atomic E-state index is 0.0175. The van der Waals surface area contributed by atoms with E-state index in [2.05, 4.69) is 16.4 Å². The SMILES string of the molecule is C=CCOC(=O)c1cn(C)nc1C(F)F. The van der Waals surface area contributed by atoms with Crippen LogP contribution in [0.25, 0.3) is 0 Å². The molecule has 82 valence electrons. The van der Waals surface area contributed by atoms with Crippen LogP contribution in [0.5, 0.6) is 0 Å². The molecule has 0 aromatic carbocycles. The Labute approximate surface area is 85.1 Å². The maximum Gasteiger partial charge on any atom is 0.342 e. The Morgan fingerprint density at radius 2 is 2.47 bits per heavy atom. The number of rotatable bonds is 4. The number of carbonyl (C=O) groups is 1. The third-order valence-corrected chi connectivity index (χ3v) is 1.62. The standard InChI is InChI=1S/C9H10F2N2O2/c1-3-4-15-9(14)6-5-13(2)12-7(6)8(10)11/h3,5,8H,1,4H2,2H3. The number of hydrogen-bond donors (Lipinski definition) is 0. The van der Waals surface area contributed by atoms with E-state index in [-0.39, 0.29) is 12.2 Å². The van der Waals surface area contributed by atoms with E-state index in [1.54, 1.807) is 0 Å². The van der Waals surface area contributed by atoms with Gasteiger partial charge >= 0.3 is 5.97 Å². The molecular formula is C9H10F2N2O2. The van der Waals surface area contributed by atoms with Crippen molar-refractivity contribution in [1.29, 1.82) is 0 Å². The molecule has 0 bridgehead atoms. The van der Waals surface area contributed by atoms with Gasteiger partial charge in [0.05, 0.1) is 0 Å². The van der Waals surface area contributed by atoms with E-state index in [0.717, 1.165) is 4.68 Å². The largest absolute Gasteiger partial charge is 0.458 e. The summed E-state index contributed by atoms with van der Waals surface area (Å²) < 4.78 is 30.6. The number of carbonyl (C=O) groups excluding carboxylic acids is 1. The quantitative estimate of drug-likeness (QED) is 0.568. The average molecular weight is 216 g/mol. The van der Waals surface area contributed by atoms with Gasteiger partial charge in [0.25, 0.3) is 6.43 Å². The van der Waals surface area contributed by atoms with Gasteiger partial charge in [-0.25, -0.2) is 13.6 Å². The molecule has 1 aromatic heterocycles. The molecule has 1 aromatic rings. The fourth-order valence-electron chi connectivity index (χ4n) is 1.04. The maximum absolute atomic E-state index is 12.4. The number of aryl methyl sites for hydroxylation is 1. The Balaban J connectivity index is 2.91. The average Bonchev–Trinajstić information content (AvgIpc) is 2.57. The molecule has 0 fully saturated rings. The minimum Gasteiger partial charge on any atom is -0.458 e. The summed E-state index contributed by atoms with van der Waals surface area (Å²) in [4.78, 5) is 11.3. The van der Waals surface area contributed by atoms with Gasteiger partial charge in [-0.3, -0.25) is 4.68 Å². The van der Waals surface area contributed by atoms with Gasteiger partial charge in [-0.05, 0) is 0 Å². The van der Waals surface area contributed by atoms with Crippen molar-refractivity contribution in [2.24, 2.45) is 7.05 Å². The molecule has 0 amide bonds. The second-order valence-electron chi connectivity index (χ2n) is 2.79. The Morgan fingerprint density at radius 1 is 1.80 bits per heavy atom. The predicted octanol–water partition coefficient (Wildman–Crippen LogP) is 1.70. The highest BCUT2D eigenvalue weighted by Gasteiger charge is 2.23. The number of ether oxygens (including phenoxy) is 1. The second-order valence-corrected chi connectivity index (χ2v) is 2.79. The zero-order valence-electron chi connectivity index (χ0n) is 8.11. The van der Waals surface area contributed by atoms with E-state index < -0.39 is 18.1 Å². The predicted molar refractivity (Wildman–Crippen MR) is 48.6 cm³/mol. The number of hydrogen-bond acceptors (Lipinski definition) is 3. The van der Waals surface area contributed by atoms with Crippen LogP contribution in [0.1, 0.15) is 22.5 Å². The number of nitrogens with zero attached hydrogens (tertiary/aromatic N) is 2. The topological polar surface area (TPSA) is 44.1 Å². The monoisotopic (exact) mass is 216 g/mol. The lowest BCUT2D eigenvalue weighted by atomic mass is 10.2. The van der Waals surface area contributed by atoms with Gasteiger partial charge < -0.3 is 4.74 Å². The Kier molecular flexibility index (Phi) is 3.54. The van der Waals surface area contributed by atoms with E-state index in [0.29, 0.717) is 0 Å². The van der Waals surface area contributed by atoms with Crippen LogP contribution in [0, 0.1) is 0 Å². The molecule has 0 aliphatic carbocycles. The lowest BCUT2D eigenvalue weighted by molar-refractivity contribution is 0.0538. The van der Waals surface area contributed by atoms with Crippen LogP contribution in [0.15, 0.2) is 18.9 Å². The molecule has 0 saturated heterocycles. The maximum atomic E-state index is 12.4. The normalized spacial score (nSPS) is 10.4. The molecule has 0 spiro atoms. The van der Waals surface area contributed by atoms with E-state index >= 15 is 0 Å². The smallest absolute Gasteiger partial charge is 0.342 e. The molecule has 0 aliphatic heterocycles. The number of alkyl halides is 2. The third-order valence-electron chi connectivity index (χ3n) is 1.62. The summed E-state index contributed by atoms with van der Waals surface area (Å²) in [6, 6.07) is 0. The van der Waals surface area contributed by atoms with E-state index in [4.69, 9.17) is 0 Å². The van der Waals surface area contributed by atoms with Crippen molar-refractivity contribution >= 4 is 5.97 Å². The van der Waals surface area contributed by atoms with Gasteiger partial charge in [-0.2, -0.15) is 5.10 Å². The summed E-state index contributed by atoms with van der Waals surface area (Å²) >= 11 is 0. The van der Waals surface area contributed by atoms with Crippen LogP contribution in [0.4, 0.5) is 8.78 Å². The molecule has 15 heavy (non-hydrogen) atoms. The van der Waals surface area contributed by atoms with E-state index in [9.17, 15) is 13.6 Å². The first-order chi connectivity index (χ1) is 7.06. The molecule has 0 saturated carbocycles. The minimum atomic E-state index is -2.79. The zero-order valence-corrected chi connectivity index (χ0v) is 8.11. The highest BCUT2D eigenvalue weighted by molar-refractivity contribution is 5.90. The first kappa shape index (κ1) is 11.4. The van der Waals surface area contributed by atoms with Crippen molar-refractivity contribution < 1.29 is 18.3 Å². The highest BCUT2D eigenvalue weighted by atomic mass is 19.3. The fourth-order valence-corrected chi connectivity index (χ4v) is 1.04. The Morgan fingerprint density at radius 3 is 3.00 bits per heavy atom. The lowest BCUT2D eigenvalue weighted by Gasteiger charge is -2.00. The molecule has 0 atom stereocenters. The summed E-state index contributed by atoms with van der Waals surface area (Å²) in [5, 5.41) is 3.48. The molecule has 0 unspecified atom stereocenters. The van der Waals surface area contributed by atoms with Crippen LogP contribution in [0.2, 0.25) is 0 Å². The number of halogens is 2. The van der Waals surface area contributed by atoms with Crippen LogP contribution >= 0.6 is 0 Å². The van der Waals surface area contributed by atoms with Crippen LogP contribution in [0.3, 0.4) is 0 Å².